The predicted molar refractivity (Wildman–Crippen MR) is 165 cm³/mol. The van der Waals surface area contributed by atoms with Gasteiger partial charge in [0.05, 0.1) is 28.4 Å². The number of carbonyl (C=O) groups is 1. The van der Waals surface area contributed by atoms with E-state index in [-0.39, 0.29) is 17.2 Å². The fourth-order valence-corrected chi connectivity index (χ4v) is 6.04. The van der Waals surface area contributed by atoms with E-state index in [1.54, 1.807) is 48.5 Å². The van der Waals surface area contributed by atoms with Crippen LogP contribution < -0.4 is 19.2 Å². The normalized spacial score (nSPS) is 11.3. The second-order valence-electron chi connectivity index (χ2n) is 8.51. The average Bonchev–Trinajstić information content (AvgIpc) is 2.97. The molecule has 0 heterocycles. The number of nitrogens with zero attached hydrogens (tertiary/aromatic N) is 2. The number of methoxy groups -OCH3 is 1. The van der Waals surface area contributed by atoms with Crippen LogP contribution in [0.3, 0.4) is 0 Å². The van der Waals surface area contributed by atoms with E-state index in [1.807, 2.05) is 18.2 Å². The van der Waals surface area contributed by atoms with Crippen molar-refractivity contribution in [1.29, 1.82) is 0 Å². The number of hydrogen-bond acceptors (Lipinski definition) is 6. The number of hydrazone groups is 1. The fourth-order valence-electron chi connectivity index (χ4n) is 3.71. The van der Waals surface area contributed by atoms with Crippen LogP contribution >= 0.6 is 39.1 Å². The molecule has 0 aliphatic carbocycles. The maximum Gasteiger partial charge on any atom is 0.264 e. The van der Waals surface area contributed by atoms with Crippen LogP contribution in [0, 0.1) is 0 Å². The molecule has 0 aliphatic heterocycles. The Bertz CT molecular complexity index is 1650. The van der Waals surface area contributed by atoms with Gasteiger partial charge in [-0.15, -0.1) is 0 Å². The monoisotopic (exact) mass is 675 g/mol. The molecule has 0 fully saturated rings. The Labute approximate surface area is 256 Å². The highest BCUT2D eigenvalue weighted by molar-refractivity contribution is 9.10. The number of sulfonamides is 1. The first-order chi connectivity index (χ1) is 19.7. The Balaban J connectivity index is 1.48. The highest BCUT2D eigenvalue weighted by atomic mass is 79.9. The van der Waals surface area contributed by atoms with Crippen molar-refractivity contribution >= 4 is 67.0 Å². The summed E-state index contributed by atoms with van der Waals surface area (Å²) in [5, 5.41) is 5.03. The van der Waals surface area contributed by atoms with Crippen molar-refractivity contribution in [2.24, 2.45) is 5.10 Å². The first-order valence-corrected chi connectivity index (χ1v) is 15.1. The minimum absolute atomic E-state index is 0.0417. The smallest absolute Gasteiger partial charge is 0.264 e. The summed E-state index contributed by atoms with van der Waals surface area (Å²) in [6.45, 7) is -0.286. The Hall–Kier alpha value is -3.57. The molecule has 1 N–H and O–H groups in total. The van der Waals surface area contributed by atoms with Crippen molar-refractivity contribution in [2.75, 3.05) is 18.0 Å². The fraction of sp³-hybridized carbons (Fsp3) is 0.103. The lowest BCUT2D eigenvalue weighted by molar-refractivity contribution is -0.119. The van der Waals surface area contributed by atoms with E-state index < -0.39 is 22.5 Å². The van der Waals surface area contributed by atoms with Crippen molar-refractivity contribution < 1.29 is 22.7 Å². The quantitative estimate of drug-likeness (QED) is 0.141. The molecule has 0 saturated carbocycles. The van der Waals surface area contributed by atoms with Gasteiger partial charge in [-0.25, -0.2) is 13.8 Å². The average molecular weight is 677 g/mol. The van der Waals surface area contributed by atoms with Crippen LogP contribution in [0.25, 0.3) is 0 Å². The first-order valence-electron chi connectivity index (χ1n) is 12.1. The number of hydrogen-bond donors (Lipinski definition) is 1. The van der Waals surface area contributed by atoms with Crippen LogP contribution in [0.5, 0.6) is 11.5 Å². The highest BCUT2D eigenvalue weighted by Gasteiger charge is 2.27. The molecule has 41 heavy (non-hydrogen) atoms. The molecule has 0 bridgehead atoms. The van der Waals surface area contributed by atoms with Crippen LogP contribution in [0.4, 0.5) is 5.69 Å². The van der Waals surface area contributed by atoms with Crippen LogP contribution in [-0.2, 0) is 21.4 Å². The molecule has 0 spiro atoms. The Kier molecular flexibility index (Phi) is 10.3. The van der Waals surface area contributed by atoms with Gasteiger partial charge in [0.25, 0.3) is 15.9 Å². The van der Waals surface area contributed by atoms with Crippen molar-refractivity contribution in [2.45, 2.75) is 11.5 Å². The summed E-state index contributed by atoms with van der Waals surface area (Å²) >= 11 is 15.7. The number of anilines is 1. The molecule has 1 amide bonds. The van der Waals surface area contributed by atoms with Crippen molar-refractivity contribution in [3.8, 4) is 11.5 Å². The number of rotatable bonds is 11. The summed E-state index contributed by atoms with van der Waals surface area (Å²) < 4.78 is 39.8. The van der Waals surface area contributed by atoms with Gasteiger partial charge in [0.1, 0.15) is 13.2 Å². The molecule has 0 radical (unpaired) electrons. The molecule has 4 aromatic rings. The summed E-state index contributed by atoms with van der Waals surface area (Å²) in [5.41, 5.74) is 4.07. The Morgan fingerprint density at radius 3 is 2.37 bits per heavy atom. The van der Waals surface area contributed by atoms with Gasteiger partial charge in [-0.2, -0.15) is 5.10 Å². The van der Waals surface area contributed by atoms with Gasteiger partial charge in [0.15, 0.2) is 11.5 Å². The Morgan fingerprint density at radius 2 is 1.68 bits per heavy atom. The summed E-state index contributed by atoms with van der Waals surface area (Å²) in [6, 6.07) is 24.8. The summed E-state index contributed by atoms with van der Waals surface area (Å²) in [6.07, 6.45) is 1.40. The van der Waals surface area contributed by atoms with Gasteiger partial charge >= 0.3 is 0 Å². The molecule has 0 aliphatic rings. The highest BCUT2D eigenvalue weighted by Crippen LogP contribution is 2.37. The molecule has 212 valence electrons. The van der Waals surface area contributed by atoms with Crippen LogP contribution in [0.1, 0.15) is 11.1 Å². The van der Waals surface area contributed by atoms with Gasteiger partial charge in [0.2, 0.25) is 0 Å². The van der Waals surface area contributed by atoms with Crippen LogP contribution in [0.15, 0.2) is 105 Å². The maximum absolute atomic E-state index is 13.4. The lowest BCUT2D eigenvalue weighted by atomic mass is 10.2. The van der Waals surface area contributed by atoms with E-state index in [0.29, 0.717) is 31.6 Å². The minimum Gasteiger partial charge on any atom is -0.493 e. The number of nitrogens with one attached hydrogen (secondary N) is 1. The second kappa shape index (κ2) is 13.9. The van der Waals surface area contributed by atoms with Crippen LogP contribution in [0.2, 0.25) is 10.0 Å². The number of ether oxygens (including phenoxy) is 2. The zero-order chi connectivity index (χ0) is 29.4. The number of benzene rings is 4. The standard InChI is InChI=1S/C29H24BrCl2N3O5S/c1-39-27-16-20(15-25(30)29(27)40-19-21-7-5-6-10-26(21)32)17-33-34-28(36)18-35(23-13-11-22(31)12-14-23)41(37,38)24-8-3-2-4-9-24/h2-17H,18-19H2,1H3,(H,34,36)/b33-17-. The molecule has 12 heteroatoms. The van der Waals surface area contributed by atoms with E-state index in [0.717, 1.165) is 9.87 Å². The molecule has 8 nitrogen and oxygen atoms in total. The van der Waals surface area contributed by atoms with E-state index in [9.17, 15) is 13.2 Å². The van der Waals surface area contributed by atoms with Gasteiger partial charge in [-0.3, -0.25) is 9.10 Å². The maximum atomic E-state index is 13.4. The molecule has 0 aromatic heterocycles. The summed E-state index contributed by atoms with van der Waals surface area (Å²) in [5.74, 6) is 0.252. The lowest BCUT2D eigenvalue weighted by Crippen LogP contribution is -2.39. The molecule has 0 atom stereocenters. The zero-order valence-electron chi connectivity index (χ0n) is 21.6. The van der Waals surface area contributed by atoms with E-state index >= 15 is 0 Å². The molecular weight excluding hydrogens is 653 g/mol. The topological polar surface area (TPSA) is 97.3 Å². The van der Waals surface area contributed by atoms with E-state index in [4.69, 9.17) is 32.7 Å². The zero-order valence-corrected chi connectivity index (χ0v) is 25.5. The number of halogens is 3. The summed E-state index contributed by atoms with van der Waals surface area (Å²) in [7, 11) is -2.55. The Morgan fingerprint density at radius 1 is 1.00 bits per heavy atom. The number of amides is 1. The SMILES string of the molecule is COc1cc(/C=N\NC(=O)CN(c2ccc(Cl)cc2)S(=O)(=O)c2ccccc2)cc(Br)c1OCc1ccccc1Cl. The van der Waals surface area contributed by atoms with Gasteiger partial charge in [0, 0.05) is 15.6 Å². The van der Waals surface area contributed by atoms with E-state index in [2.05, 4.69) is 26.5 Å². The molecule has 4 aromatic carbocycles. The molecule has 0 saturated heterocycles. The van der Waals surface area contributed by atoms with Gasteiger partial charge in [-0.05, 0) is 76.1 Å². The molecule has 4 rings (SSSR count). The van der Waals surface area contributed by atoms with Crippen LogP contribution in [-0.4, -0.2) is 34.2 Å². The minimum atomic E-state index is -4.05. The molecular formula is C29H24BrCl2N3O5S. The third-order valence-corrected chi connectivity index (χ3v) is 8.72. The van der Waals surface area contributed by atoms with Crippen molar-refractivity contribution in [1.82, 2.24) is 5.43 Å². The van der Waals surface area contributed by atoms with Gasteiger partial charge < -0.3 is 9.47 Å². The lowest BCUT2D eigenvalue weighted by Gasteiger charge is -2.23. The summed E-state index contributed by atoms with van der Waals surface area (Å²) in [4.78, 5) is 12.9. The largest absolute Gasteiger partial charge is 0.493 e. The van der Waals surface area contributed by atoms with Crippen molar-refractivity contribution in [3.05, 3.63) is 117 Å². The number of carbonyl (C=O) groups excluding carboxylic acids is 1. The predicted octanol–water partition coefficient (Wildman–Crippen LogP) is 6.69. The van der Waals surface area contributed by atoms with Gasteiger partial charge in [-0.1, -0.05) is 59.6 Å². The third kappa shape index (κ3) is 7.80. The molecule has 0 unspecified atom stereocenters. The first kappa shape index (κ1) is 30.4. The third-order valence-electron chi connectivity index (χ3n) is 5.72. The van der Waals surface area contributed by atoms with E-state index in [1.165, 1.54) is 37.6 Å². The second-order valence-corrected chi connectivity index (χ2v) is 12.1. The van der Waals surface area contributed by atoms with Crippen molar-refractivity contribution in [3.63, 3.8) is 0 Å².